The number of hydrogen-bond donors (Lipinski definition) is 2. The second-order valence-corrected chi connectivity index (χ2v) is 5.34. The number of hydrogen-bond acceptors (Lipinski definition) is 3. The SMILES string of the molecule is CCC1(c2ccc(NC(=O)CCl)cc2)CCC(=O)NC1=O. The lowest BCUT2D eigenvalue weighted by Crippen LogP contribution is -2.51. The van der Waals surface area contributed by atoms with Crippen molar-refractivity contribution >= 4 is 35.0 Å². The highest BCUT2D eigenvalue weighted by Crippen LogP contribution is 2.36. The van der Waals surface area contributed by atoms with E-state index in [4.69, 9.17) is 11.6 Å². The van der Waals surface area contributed by atoms with Gasteiger partial charge in [0.25, 0.3) is 0 Å². The maximum absolute atomic E-state index is 12.2. The predicted molar refractivity (Wildman–Crippen MR) is 80.1 cm³/mol. The van der Waals surface area contributed by atoms with Crippen LogP contribution in [-0.2, 0) is 19.8 Å². The van der Waals surface area contributed by atoms with Crippen LogP contribution >= 0.6 is 11.6 Å². The van der Waals surface area contributed by atoms with Crippen LogP contribution in [0.5, 0.6) is 0 Å². The average Bonchev–Trinajstić information content (AvgIpc) is 2.49. The number of nitrogens with one attached hydrogen (secondary N) is 2. The average molecular weight is 309 g/mol. The normalized spacial score (nSPS) is 21.8. The molecule has 1 unspecified atom stereocenters. The Morgan fingerprint density at radius 1 is 1.33 bits per heavy atom. The van der Waals surface area contributed by atoms with Gasteiger partial charge in [-0.25, -0.2) is 0 Å². The van der Waals surface area contributed by atoms with Crippen LogP contribution in [0.4, 0.5) is 5.69 Å². The molecule has 1 aliphatic heterocycles. The zero-order chi connectivity index (χ0) is 15.5. The molecule has 1 atom stereocenters. The third-order valence-electron chi connectivity index (χ3n) is 3.91. The molecule has 5 nitrogen and oxygen atoms in total. The second-order valence-electron chi connectivity index (χ2n) is 5.07. The van der Waals surface area contributed by atoms with E-state index in [2.05, 4.69) is 10.6 Å². The fourth-order valence-electron chi connectivity index (χ4n) is 2.63. The van der Waals surface area contributed by atoms with Crippen molar-refractivity contribution in [1.29, 1.82) is 0 Å². The van der Waals surface area contributed by atoms with Gasteiger partial charge in [0.1, 0.15) is 5.88 Å². The molecule has 0 bridgehead atoms. The summed E-state index contributed by atoms with van der Waals surface area (Å²) in [6.07, 6.45) is 1.45. The molecule has 0 aromatic heterocycles. The molecule has 1 heterocycles. The summed E-state index contributed by atoms with van der Waals surface area (Å²) in [4.78, 5) is 34.8. The maximum atomic E-state index is 12.2. The molecule has 0 aliphatic carbocycles. The second kappa shape index (κ2) is 6.26. The summed E-state index contributed by atoms with van der Waals surface area (Å²) >= 11 is 5.44. The van der Waals surface area contributed by atoms with Crippen LogP contribution in [0.1, 0.15) is 31.7 Å². The number of rotatable bonds is 4. The van der Waals surface area contributed by atoms with Gasteiger partial charge in [-0.1, -0.05) is 19.1 Å². The van der Waals surface area contributed by atoms with Gasteiger partial charge in [0.15, 0.2) is 0 Å². The Bertz CT molecular complexity index is 571. The fourth-order valence-corrected chi connectivity index (χ4v) is 2.70. The summed E-state index contributed by atoms with van der Waals surface area (Å²) in [6.45, 7) is 1.93. The van der Waals surface area contributed by atoms with E-state index in [9.17, 15) is 14.4 Å². The van der Waals surface area contributed by atoms with Crippen molar-refractivity contribution in [1.82, 2.24) is 5.32 Å². The van der Waals surface area contributed by atoms with Crippen LogP contribution in [0.15, 0.2) is 24.3 Å². The summed E-state index contributed by atoms with van der Waals surface area (Å²) in [5, 5.41) is 5.06. The standard InChI is InChI=1S/C15H17ClN2O3/c1-2-15(8-7-12(19)18-14(15)21)10-3-5-11(6-4-10)17-13(20)9-16/h3-6H,2,7-9H2,1H3,(H,17,20)(H,18,19,21). The summed E-state index contributed by atoms with van der Waals surface area (Å²) < 4.78 is 0. The molecule has 21 heavy (non-hydrogen) atoms. The minimum absolute atomic E-state index is 0.106. The first-order valence-electron chi connectivity index (χ1n) is 6.82. The molecular formula is C15H17ClN2O3. The first-order chi connectivity index (χ1) is 10.0. The Morgan fingerprint density at radius 2 is 2.00 bits per heavy atom. The highest BCUT2D eigenvalue weighted by Gasteiger charge is 2.42. The van der Waals surface area contributed by atoms with Crippen molar-refractivity contribution in [3.8, 4) is 0 Å². The number of amides is 3. The van der Waals surface area contributed by atoms with Crippen LogP contribution in [0, 0.1) is 0 Å². The summed E-state index contributed by atoms with van der Waals surface area (Å²) in [5.74, 6) is -0.866. The Balaban J connectivity index is 2.25. The molecule has 1 aromatic carbocycles. The lowest BCUT2D eigenvalue weighted by atomic mass is 9.72. The number of carbonyl (C=O) groups is 3. The number of halogens is 1. The smallest absolute Gasteiger partial charge is 0.239 e. The van der Waals surface area contributed by atoms with Gasteiger partial charge in [-0.15, -0.1) is 11.6 Å². The van der Waals surface area contributed by atoms with Crippen molar-refractivity contribution in [2.45, 2.75) is 31.6 Å². The summed E-state index contributed by atoms with van der Waals surface area (Å²) in [5.41, 5.74) is 0.796. The van der Waals surface area contributed by atoms with Gasteiger partial charge < -0.3 is 5.32 Å². The van der Waals surface area contributed by atoms with Crippen molar-refractivity contribution < 1.29 is 14.4 Å². The number of imide groups is 1. The minimum Gasteiger partial charge on any atom is -0.325 e. The molecule has 1 aromatic rings. The highest BCUT2D eigenvalue weighted by molar-refractivity contribution is 6.29. The Kier molecular flexibility index (Phi) is 4.63. The van der Waals surface area contributed by atoms with Crippen molar-refractivity contribution in [2.24, 2.45) is 0 Å². The lowest BCUT2D eigenvalue weighted by molar-refractivity contribution is -0.138. The molecule has 0 radical (unpaired) electrons. The van der Waals surface area contributed by atoms with Crippen molar-refractivity contribution in [3.63, 3.8) is 0 Å². The van der Waals surface area contributed by atoms with E-state index in [0.717, 1.165) is 5.56 Å². The van der Waals surface area contributed by atoms with E-state index in [0.29, 0.717) is 24.9 Å². The van der Waals surface area contributed by atoms with Crippen LogP contribution in [0.25, 0.3) is 0 Å². The fraction of sp³-hybridized carbons (Fsp3) is 0.400. The van der Waals surface area contributed by atoms with Gasteiger partial charge >= 0.3 is 0 Å². The van der Waals surface area contributed by atoms with E-state index in [-0.39, 0.29) is 23.6 Å². The predicted octanol–water partition coefficient (Wildman–Crippen LogP) is 1.95. The molecule has 3 amide bonds. The van der Waals surface area contributed by atoms with Gasteiger partial charge in [0.2, 0.25) is 17.7 Å². The molecule has 112 valence electrons. The van der Waals surface area contributed by atoms with Crippen molar-refractivity contribution in [3.05, 3.63) is 29.8 Å². The quantitative estimate of drug-likeness (QED) is 0.659. The monoisotopic (exact) mass is 308 g/mol. The zero-order valence-corrected chi connectivity index (χ0v) is 12.5. The number of piperidine rings is 1. The van der Waals surface area contributed by atoms with E-state index in [1.807, 2.05) is 19.1 Å². The number of benzene rings is 1. The Hall–Kier alpha value is -1.88. The first kappa shape index (κ1) is 15.5. The molecule has 0 spiro atoms. The molecule has 2 N–H and O–H groups in total. The van der Waals surface area contributed by atoms with E-state index in [1.54, 1.807) is 12.1 Å². The third-order valence-corrected chi connectivity index (χ3v) is 4.16. The largest absolute Gasteiger partial charge is 0.325 e. The number of carbonyl (C=O) groups excluding carboxylic acids is 3. The van der Waals surface area contributed by atoms with Gasteiger partial charge in [-0.3, -0.25) is 19.7 Å². The van der Waals surface area contributed by atoms with Gasteiger partial charge in [-0.2, -0.15) is 0 Å². The molecule has 1 saturated heterocycles. The maximum Gasteiger partial charge on any atom is 0.239 e. The summed E-state index contributed by atoms with van der Waals surface area (Å²) in [6, 6.07) is 7.09. The van der Waals surface area contributed by atoms with Crippen molar-refractivity contribution in [2.75, 3.05) is 11.2 Å². The zero-order valence-electron chi connectivity index (χ0n) is 11.7. The van der Waals surface area contributed by atoms with Crippen LogP contribution in [-0.4, -0.2) is 23.6 Å². The van der Waals surface area contributed by atoms with E-state index < -0.39 is 5.41 Å². The van der Waals surface area contributed by atoms with Gasteiger partial charge in [0, 0.05) is 12.1 Å². The van der Waals surface area contributed by atoms with E-state index >= 15 is 0 Å². The molecule has 1 fully saturated rings. The van der Waals surface area contributed by atoms with Crippen LogP contribution < -0.4 is 10.6 Å². The summed E-state index contributed by atoms with van der Waals surface area (Å²) in [7, 11) is 0. The minimum atomic E-state index is -0.678. The van der Waals surface area contributed by atoms with Crippen LogP contribution in [0.2, 0.25) is 0 Å². The number of alkyl halides is 1. The van der Waals surface area contributed by atoms with Gasteiger partial charge in [-0.05, 0) is 30.5 Å². The molecule has 1 aliphatic rings. The Labute approximate surface area is 128 Å². The Morgan fingerprint density at radius 3 is 2.52 bits per heavy atom. The molecule has 0 saturated carbocycles. The molecule has 6 heteroatoms. The topological polar surface area (TPSA) is 75.3 Å². The first-order valence-corrected chi connectivity index (χ1v) is 7.36. The molecular weight excluding hydrogens is 292 g/mol. The van der Waals surface area contributed by atoms with Gasteiger partial charge in [0.05, 0.1) is 5.41 Å². The third kappa shape index (κ3) is 3.08. The molecule has 2 rings (SSSR count). The number of anilines is 1. The van der Waals surface area contributed by atoms with E-state index in [1.165, 1.54) is 0 Å². The van der Waals surface area contributed by atoms with Crippen LogP contribution in [0.3, 0.4) is 0 Å². The lowest BCUT2D eigenvalue weighted by Gasteiger charge is -2.35. The highest BCUT2D eigenvalue weighted by atomic mass is 35.5.